The maximum atomic E-state index is 12.3. The van der Waals surface area contributed by atoms with Gasteiger partial charge in [-0.05, 0) is 20.8 Å². The van der Waals surface area contributed by atoms with Gasteiger partial charge in [-0.1, -0.05) is 0 Å². The molecule has 0 aromatic carbocycles. The molecule has 1 atom stereocenters. The van der Waals surface area contributed by atoms with Crippen molar-refractivity contribution in [2.24, 2.45) is 0 Å². The van der Waals surface area contributed by atoms with E-state index in [1.165, 1.54) is 28.2 Å². The Morgan fingerprint density at radius 1 is 1.35 bits per heavy atom. The Morgan fingerprint density at radius 3 is 2.65 bits per heavy atom. The van der Waals surface area contributed by atoms with Crippen molar-refractivity contribution >= 4 is 12.0 Å². The van der Waals surface area contributed by atoms with E-state index in [9.17, 15) is 9.59 Å². The number of hydrogen-bond donors (Lipinski definition) is 0. The van der Waals surface area contributed by atoms with Crippen LogP contribution in [0.1, 0.15) is 20.8 Å². The highest BCUT2D eigenvalue weighted by Gasteiger charge is 2.27. The molecule has 1 heterocycles. The van der Waals surface area contributed by atoms with Crippen LogP contribution in [-0.4, -0.2) is 58.9 Å². The molecule has 1 rings (SSSR count). The van der Waals surface area contributed by atoms with Crippen molar-refractivity contribution in [3.63, 3.8) is 0 Å². The van der Waals surface area contributed by atoms with Crippen molar-refractivity contribution in [2.75, 3.05) is 26.4 Å². The van der Waals surface area contributed by atoms with Crippen LogP contribution in [0.25, 0.3) is 0 Å². The molecule has 112 valence electrons. The molecule has 20 heavy (non-hydrogen) atoms. The molecule has 0 aliphatic rings. The topological polar surface area (TPSA) is 73.7 Å². The van der Waals surface area contributed by atoms with Gasteiger partial charge in [-0.2, -0.15) is 0 Å². The minimum atomic E-state index is -0.676. The summed E-state index contributed by atoms with van der Waals surface area (Å²) in [7, 11) is 0. The van der Waals surface area contributed by atoms with Crippen LogP contribution in [0.4, 0.5) is 4.79 Å². The Kier molecular flexibility index (Phi) is 6.72. The van der Waals surface area contributed by atoms with Crippen LogP contribution in [0.3, 0.4) is 0 Å². The molecule has 0 fully saturated rings. The molecular formula is C13H21N3O4. The number of rotatable bonds is 7. The van der Waals surface area contributed by atoms with Crippen LogP contribution in [0.2, 0.25) is 0 Å². The maximum Gasteiger partial charge on any atom is 0.330 e. The number of ether oxygens (including phenoxy) is 2. The van der Waals surface area contributed by atoms with Crippen LogP contribution < -0.4 is 0 Å². The lowest BCUT2D eigenvalue weighted by molar-refractivity contribution is -0.148. The third-order valence-corrected chi connectivity index (χ3v) is 2.75. The Morgan fingerprint density at radius 2 is 2.10 bits per heavy atom. The summed E-state index contributed by atoms with van der Waals surface area (Å²) in [6.07, 6.45) is 4.44. The van der Waals surface area contributed by atoms with Crippen molar-refractivity contribution in [2.45, 2.75) is 26.8 Å². The number of imidazole rings is 1. The molecule has 0 N–H and O–H groups in total. The van der Waals surface area contributed by atoms with Gasteiger partial charge in [-0.25, -0.2) is 14.6 Å². The van der Waals surface area contributed by atoms with Gasteiger partial charge in [0.2, 0.25) is 0 Å². The summed E-state index contributed by atoms with van der Waals surface area (Å²) < 4.78 is 11.5. The summed E-state index contributed by atoms with van der Waals surface area (Å²) in [6, 6.07) is -1.01. The molecule has 0 radical (unpaired) electrons. The zero-order valence-electron chi connectivity index (χ0n) is 12.1. The van der Waals surface area contributed by atoms with E-state index in [2.05, 4.69) is 4.98 Å². The molecule has 1 aromatic heterocycles. The fourth-order valence-electron chi connectivity index (χ4n) is 1.67. The van der Waals surface area contributed by atoms with Gasteiger partial charge in [0.1, 0.15) is 12.4 Å². The first kappa shape index (κ1) is 16.2. The summed E-state index contributed by atoms with van der Waals surface area (Å²) in [5.41, 5.74) is 0. The van der Waals surface area contributed by atoms with E-state index in [0.29, 0.717) is 19.8 Å². The van der Waals surface area contributed by atoms with E-state index in [1.54, 1.807) is 13.8 Å². The highest BCUT2D eigenvalue weighted by Crippen LogP contribution is 2.06. The minimum absolute atomic E-state index is 0.280. The Balaban J connectivity index is 2.78. The first-order valence-electron chi connectivity index (χ1n) is 6.65. The van der Waals surface area contributed by atoms with Crippen LogP contribution in [0.5, 0.6) is 0 Å². The van der Waals surface area contributed by atoms with Crippen molar-refractivity contribution in [3.8, 4) is 0 Å². The predicted octanol–water partition coefficient (Wildman–Crippen LogP) is 1.14. The molecule has 0 aliphatic heterocycles. The largest absolute Gasteiger partial charge is 0.464 e. The fourth-order valence-corrected chi connectivity index (χ4v) is 1.67. The number of nitrogens with zero attached hydrogens (tertiary/aromatic N) is 3. The molecule has 0 saturated carbocycles. The Bertz CT molecular complexity index is 419. The average molecular weight is 283 g/mol. The highest BCUT2D eigenvalue weighted by atomic mass is 16.5. The first-order valence-corrected chi connectivity index (χ1v) is 6.65. The van der Waals surface area contributed by atoms with Gasteiger partial charge in [0.05, 0.1) is 13.2 Å². The van der Waals surface area contributed by atoms with Gasteiger partial charge in [-0.3, -0.25) is 4.57 Å². The number of hydrogen-bond acceptors (Lipinski definition) is 5. The van der Waals surface area contributed by atoms with Gasteiger partial charge in [0.15, 0.2) is 0 Å². The van der Waals surface area contributed by atoms with Crippen molar-refractivity contribution < 1.29 is 19.1 Å². The summed E-state index contributed by atoms with van der Waals surface area (Å²) in [6.45, 7) is 6.75. The molecule has 0 spiro atoms. The zero-order chi connectivity index (χ0) is 15.0. The van der Waals surface area contributed by atoms with Gasteiger partial charge < -0.3 is 14.4 Å². The molecule has 0 aliphatic carbocycles. The van der Waals surface area contributed by atoms with Crippen LogP contribution in [-0.2, 0) is 14.3 Å². The average Bonchev–Trinajstić information content (AvgIpc) is 2.96. The standard InChI is InChI=1S/C13H21N3O4/c1-4-19-9-8-16(11(3)12(17)20-5-2)13(18)15-7-6-14-10-15/h6-7,10-11H,4-5,8-9H2,1-3H3. The highest BCUT2D eigenvalue weighted by molar-refractivity contribution is 5.84. The van der Waals surface area contributed by atoms with E-state index >= 15 is 0 Å². The molecule has 7 nitrogen and oxygen atoms in total. The molecule has 0 saturated heterocycles. The fraction of sp³-hybridized carbons (Fsp3) is 0.615. The number of carbonyl (C=O) groups excluding carboxylic acids is 2. The van der Waals surface area contributed by atoms with E-state index < -0.39 is 12.0 Å². The van der Waals surface area contributed by atoms with Crippen molar-refractivity contribution in [1.82, 2.24) is 14.5 Å². The van der Waals surface area contributed by atoms with Crippen molar-refractivity contribution in [3.05, 3.63) is 18.7 Å². The Labute approximate surface area is 118 Å². The lowest BCUT2D eigenvalue weighted by Crippen LogP contribution is -2.47. The minimum Gasteiger partial charge on any atom is -0.464 e. The Hall–Kier alpha value is -1.89. The number of esters is 1. The van der Waals surface area contributed by atoms with E-state index in [0.717, 1.165) is 0 Å². The van der Waals surface area contributed by atoms with Gasteiger partial charge >= 0.3 is 12.0 Å². The van der Waals surface area contributed by atoms with Gasteiger partial charge in [0.25, 0.3) is 0 Å². The second-order valence-electron chi connectivity index (χ2n) is 4.07. The first-order chi connectivity index (χ1) is 9.61. The molecule has 1 amide bonds. The maximum absolute atomic E-state index is 12.3. The van der Waals surface area contributed by atoms with Crippen LogP contribution in [0, 0.1) is 0 Å². The number of carbonyl (C=O) groups is 2. The van der Waals surface area contributed by atoms with Gasteiger partial charge in [0, 0.05) is 25.5 Å². The number of aromatic nitrogens is 2. The summed E-state index contributed by atoms with van der Waals surface area (Å²) >= 11 is 0. The SMILES string of the molecule is CCOCCN(C(=O)n1ccnc1)C(C)C(=O)OCC. The smallest absolute Gasteiger partial charge is 0.330 e. The van der Waals surface area contributed by atoms with E-state index in [1.807, 2.05) is 6.92 Å². The predicted molar refractivity (Wildman–Crippen MR) is 72.3 cm³/mol. The quantitative estimate of drug-likeness (QED) is 0.554. The molecule has 7 heteroatoms. The third kappa shape index (κ3) is 4.34. The number of amides is 1. The van der Waals surface area contributed by atoms with Crippen LogP contribution >= 0.6 is 0 Å². The normalized spacial score (nSPS) is 11.9. The second-order valence-corrected chi connectivity index (χ2v) is 4.07. The lowest BCUT2D eigenvalue weighted by atomic mass is 10.3. The second kappa shape index (κ2) is 8.31. The molecule has 0 bridgehead atoms. The van der Waals surface area contributed by atoms with Crippen molar-refractivity contribution in [1.29, 1.82) is 0 Å². The van der Waals surface area contributed by atoms with Gasteiger partial charge in [-0.15, -0.1) is 0 Å². The van der Waals surface area contributed by atoms with Crippen LogP contribution in [0.15, 0.2) is 18.7 Å². The summed E-state index contributed by atoms with van der Waals surface area (Å²) in [5.74, 6) is -0.433. The molecule has 1 aromatic rings. The zero-order valence-corrected chi connectivity index (χ0v) is 12.1. The monoisotopic (exact) mass is 283 g/mol. The third-order valence-electron chi connectivity index (χ3n) is 2.75. The summed E-state index contributed by atoms with van der Waals surface area (Å²) in [5, 5.41) is 0. The lowest BCUT2D eigenvalue weighted by Gasteiger charge is -2.27. The van der Waals surface area contributed by atoms with E-state index in [-0.39, 0.29) is 12.6 Å². The molecule has 1 unspecified atom stereocenters. The van der Waals surface area contributed by atoms with E-state index in [4.69, 9.17) is 9.47 Å². The summed E-state index contributed by atoms with van der Waals surface area (Å²) in [4.78, 5) is 29.4. The molecular weight excluding hydrogens is 262 g/mol.